The van der Waals surface area contributed by atoms with Crippen molar-refractivity contribution in [3.05, 3.63) is 23.5 Å². The molecule has 2 rings (SSSR count). The third-order valence-corrected chi connectivity index (χ3v) is 2.26. The zero-order valence-electron chi connectivity index (χ0n) is 7.06. The summed E-state index contributed by atoms with van der Waals surface area (Å²) in [6.45, 7) is 0. The Morgan fingerprint density at radius 2 is 2.23 bits per heavy atom. The van der Waals surface area contributed by atoms with Gasteiger partial charge in [-0.1, -0.05) is 0 Å². The van der Waals surface area contributed by atoms with Crippen LogP contribution in [0.1, 0.15) is 17.7 Å². The first-order valence-corrected chi connectivity index (χ1v) is 4.18. The van der Waals surface area contributed by atoms with Crippen molar-refractivity contribution in [2.24, 2.45) is 0 Å². The van der Waals surface area contributed by atoms with Gasteiger partial charge in [0.05, 0.1) is 11.9 Å². The fraction of sp³-hybridized carbons (Fsp3) is 0.444. The normalized spacial score (nSPS) is 19.5. The molecule has 0 radical (unpaired) electrons. The number of aromatic nitrogens is 1. The standard InChI is InChI=1S/C9H10F2N2/c10-9(11)2-1-8-6(4-9)3-7(12)5-13-8/h3,5H,1-2,4,12H2. The first-order valence-electron chi connectivity index (χ1n) is 4.18. The van der Waals surface area contributed by atoms with Crippen molar-refractivity contribution < 1.29 is 8.78 Å². The highest BCUT2D eigenvalue weighted by Crippen LogP contribution is 2.32. The molecule has 0 bridgehead atoms. The lowest BCUT2D eigenvalue weighted by atomic mass is 9.93. The molecule has 1 aromatic heterocycles. The van der Waals surface area contributed by atoms with E-state index >= 15 is 0 Å². The summed E-state index contributed by atoms with van der Waals surface area (Å²) in [5.74, 6) is -2.58. The second-order valence-corrected chi connectivity index (χ2v) is 3.41. The predicted molar refractivity (Wildman–Crippen MR) is 45.6 cm³/mol. The molecule has 13 heavy (non-hydrogen) atoms. The summed E-state index contributed by atoms with van der Waals surface area (Å²) in [5, 5.41) is 0. The number of fused-ring (bicyclic) bond motifs is 1. The van der Waals surface area contributed by atoms with Gasteiger partial charge < -0.3 is 5.73 Å². The number of nitrogens with zero attached hydrogens (tertiary/aromatic N) is 1. The lowest BCUT2D eigenvalue weighted by molar-refractivity contribution is -0.0127. The van der Waals surface area contributed by atoms with E-state index < -0.39 is 5.92 Å². The van der Waals surface area contributed by atoms with Gasteiger partial charge in [-0.3, -0.25) is 4.98 Å². The van der Waals surface area contributed by atoms with Gasteiger partial charge >= 0.3 is 0 Å². The number of hydrogen-bond donors (Lipinski definition) is 1. The number of alkyl halides is 2. The maximum absolute atomic E-state index is 12.9. The fourth-order valence-corrected chi connectivity index (χ4v) is 1.60. The van der Waals surface area contributed by atoms with Gasteiger partial charge in [-0.2, -0.15) is 0 Å². The van der Waals surface area contributed by atoms with Crippen molar-refractivity contribution in [1.82, 2.24) is 4.98 Å². The summed E-state index contributed by atoms with van der Waals surface area (Å²) in [4.78, 5) is 4.03. The Balaban J connectivity index is 2.38. The van der Waals surface area contributed by atoms with Crippen LogP contribution in [0.2, 0.25) is 0 Å². The highest BCUT2D eigenvalue weighted by Gasteiger charge is 2.34. The minimum absolute atomic E-state index is 0.100. The number of nitrogens with two attached hydrogens (primary N) is 1. The Hall–Kier alpha value is -1.19. The molecule has 0 saturated heterocycles. The minimum Gasteiger partial charge on any atom is -0.397 e. The number of anilines is 1. The molecule has 1 aromatic rings. The lowest BCUT2D eigenvalue weighted by Crippen LogP contribution is -2.26. The van der Waals surface area contributed by atoms with Crippen molar-refractivity contribution in [1.29, 1.82) is 0 Å². The van der Waals surface area contributed by atoms with Crippen molar-refractivity contribution in [2.45, 2.75) is 25.2 Å². The molecule has 1 aliphatic rings. The Bertz CT molecular complexity index is 336. The molecular weight excluding hydrogens is 174 g/mol. The van der Waals surface area contributed by atoms with E-state index in [2.05, 4.69) is 4.98 Å². The van der Waals surface area contributed by atoms with Gasteiger partial charge in [0.2, 0.25) is 0 Å². The molecule has 70 valence electrons. The Labute approximate surface area is 74.8 Å². The molecular formula is C9H10F2N2. The molecule has 0 fully saturated rings. The van der Waals surface area contributed by atoms with Crippen LogP contribution in [0.3, 0.4) is 0 Å². The van der Waals surface area contributed by atoms with E-state index in [0.717, 1.165) is 5.69 Å². The van der Waals surface area contributed by atoms with Gasteiger partial charge in [-0.15, -0.1) is 0 Å². The Morgan fingerprint density at radius 3 is 3.00 bits per heavy atom. The van der Waals surface area contributed by atoms with E-state index in [-0.39, 0.29) is 12.8 Å². The van der Waals surface area contributed by atoms with Crippen LogP contribution in [-0.2, 0) is 12.8 Å². The third-order valence-electron chi connectivity index (χ3n) is 2.26. The molecule has 2 nitrogen and oxygen atoms in total. The largest absolute Gasteiger partial charge is 0.397 e. The number of rotatable bonds is 0. The zero-order valence-corrected chi connectivity index (χ0v) is 7.06. The van der Waals surface area contributed by atoms with Crippen LogP contribution < -0.4 is 5.73 Å². The van der Waals surface area contributed by atoms with E-state index in [1.807, 2.05) is 0 Å². The second kappa shape index (κ2) is 2.65. The summed E-state index contributed by atoms with van der Waals surface area (Å²) in [7, 11) is 0. The van der Waals surface area contributed by atoms with Gasteiger partial charge in [0.1, 0.15) is 0 Å². The van der Waals surface area contributed by atoms with E-state index in [1.165, 1.54) is 6.20 Å². The van der Waals surface area contributed by atoms with Gasteiger partial charge in [0.15, 0.2) is 0 Å². The molecule has 4 heteroatoms. The van der Waals surface area contributed by atoms with Crippen LogP contribution in [-0.4, -0.2) is 10.9 Å². The monoisotopic (exact) mass is 184 g/mol. The molecule has 0 unspecified atom stereocenters. The quantitative estimate of drug-likeness (QED) is 0.667. The first kappa shape index (κ1) is 8.41. The van der Waals surface area contributed by atoms with Gasteiger partial charge in [-0.25, -0.2) is 8.78 Å². The molecule has 0 spiro atoms. The molecule has 2 N–H and O–H groups in total. The fourth-order valence-electron chi connectivity index (χ4n) is 1.60. The van der Waals surface area contributed by atoms with Crippen molar-refractivity contribution in [3.8, 4) is 0 Å². The molecule has 1 heterocycles. The van der Waals surface area contributed by atoms with Gasteiger partial charge in [-0.05, 0) is 18.1 Å². The second-order valence-electron chi connectivity index (χ2n) is 3.41. The van der Waals surface area contributed by atoms with E-state index in [4.69, 9.17) is 5.73 Å². The Kier molecular flexibility index (Phi) is 1.71. The lowest BCUT2D eigenvalue weighted by Gasteiger charge is -2.23. The van der Waals surface area contributed by atoms with Crippen molar-refractivity contribution >= 4 is 5.69 Å². The summed E-state index contributed by atoms with van der Waals surface area (Å²) in [5.41, 5.74) is 7.28. The smallest absolute Gasteiger partial charge is 0.252 e. The zero-order chi connectivity index (χ0) is 9.47. The van der Waals surface area contributed by atoms with Crippen LogP contribution in [0, 0.1) is 0 Å². The molecule has 0 saturated carbocycles. The van der Waals surface area contributed by atoms with Gasteiger partial charge in [0, 0.05) is 18.5 Å². The van der Waals surface area contributed by atoms with Crippen LogP contribution in [0.5, 0.6) is 0 Å². The van der Waals surface area contributed by atoms with Crippen molar-refractivity contribution in [3.63, 3.8) is 0 Å². The Morgan fingerprint density at radius 1 is 1.46 bits per heavy atom. The summed E-state index contributed by atoms with van der Waals surface area (Å²) >= 11 is 0. The molecule has 0 aromatic carbocycles. The van der Waals surface area contributed by atoms with Gasteiger partial charge in [0.25, 0.3) is 5.92 Å². The number of halogens is 2. The predicted octanol–water partition coefficient (Wildman–Crippen LogP) is 1.79. The maximum Gasteiger partial charge on any atom is 0.252 e. The number of hydrogen-bond acceptors (Lipinski definition) is 2. The number of aryl methyl sites for hydroxylation is 1. The SMILES string of the molecule is Nc1cnc2c(c1)CC(F)(F)CC2. The highest BCUT2D eigenvalue weighted by molar-refractivity contribution is 5.41. The topological polar surface area (TPSA) is 38.9 Å². The van der Waals surface area contributed by atoms with Crippen LogP contribution >= 0.6 is 0 Å². The molecule has 0 amide bonds. The molecule has 0 atom stereocenters. The molecule has 1 aliphatic carbocycles. The molecule has 0 aliphatic heterocycles. The van der Waals surface area contributed by atoms with Crippen LogP contribution in [0.25, 0.3) is 0 Å². The van der Waals surface area contributed by atoms with E-state index in [1.54, 1.807) is 6.07 Å². The van der Waals surface area contributed by atoms with Crippen LogP contribution in [0.15, 0.2) is 12.3 Å². The first-order chi connectivity index (χ1) is 6.07. The summed E-state index contributed by atoms with van der Waals surface area (Å²) < 4.78 is 25.9. The maximum atomic E-state index is 12.9. The summed E-state index contributed by atoms with van der Waals surface area (Å²) in [6.07, 6.45) is 1.54. The highest BCUT2D eigenvalue weighted by atomic mass is 19.3. The minimum atomic E-state index is -2.58. The van der Waals surface area contributed by atoms with E-state index in [0.29, 0.717) is 17.7 Å². The average molecular weight is 184 g/mol. The number of pyridine rings is 1. The summed E-state index contributed by atoms with van der Waals surface area (Å²) in [6, 6.07) is 1.59. The van der Waals surface area contributed by atoms with E-state index in [9.17, 15) is 8.78 Å². The third kappa shape index (κ3) is 1.61. The number of nitrogen functional groups attached to an aromatic ring is 1. The average Bonchev–Trinajstić information content (AvgIpc) is 2.01. The van der Waals surface area contributed by atoms with Crippen molar-refractivity contribution in [2.75, 3.05) is 5.73 Å². The van der Waals surface area contributed by atoms with Crippen LogP contribution in [0.4, 0.5) is 14.5 Å².